The molecular weight excluding hydrogens is 421 g/mol. The van der Waals surface area contributed by atoms with Crippen molar-refractivity contribution in [3.8, 4) is 0 Å². The predicted octanol–water partition coefficient (Wildman–Crippen LogP) is 3.00. The zero-order valence-corrected chi connectivity index (χ0v) is 18.6. The minimum atomic E-state index is -0.325. The first-order valence-electron chi connectivity index (χ1n) is 11.3. The molecule has 33 heavy (non-hydrogen) atoms. The SMILES string of the molecule is CCCN1CCN(C(=O)c2ccc3c(c2)n(Cc2ccc(F)cc2)c(=O)c2ccnn23)CC1. The summed E-state index contributed by atoms with van der Waals surface area (Å²) in [5.41, 5.74) is 2.95. The molecular formula is C25H26FN5O2. The zero-order chi connectivity index (χ0) is 22.9. The topological polar surface area (TPSA) is 62.8 Å². The van der Waals surface area contributed by atoms with E-state index in [-0.39, 0.29) is 23.8 Å². The van der Waals surface area contributed by atoms with Crippen LogP contribution in [0.15, 0.2) is 59.5 Å². The molecule has 1 aliphatic rings. The van der Waals surface area contributed by atoms with Crippen LogP contribution >= 0.6 is 0 Å². The van der Waals surface area contributed by atoms with Crippen molar-refractivity contribution in [3.63, 3.8) is 0 Å². The Morgan fingerprint density at radius 2 is 1.73 bits per heavy atom. The molecule has 2 aromatic heterocycles. The molecule has 1 amide bonds. The Morgan fingerprint density at radius 3 is 2.45 bits per heavy atom. The van der Waals surface area contributed by atoms with E-state index in [1.54, 1.807) is 45.6 Å². The van der Waals surface area contributed by atoms with E-state index in [2.05, 4.69) is 16.9 Å². The Hall–Kier alpha value is -3.52. The summed E-state index contributed by atoms with van der Waals surface area (Å²) < 4.78 is 16.6. The Bertz CT molecular complexity index is 1370. The second kappa shape index (κ2) is 8.78. The van der Waals surface area contributed by atoms with E-state index in [1.807, 2.05) is 11.0 Å². The van der Waals surface area contributed by atoms with Gasteiger partial charge >= 0.3 is 0 Å². The van der Waals surface area contributed by atoms with Crippen LogP contribution in [-0.4, -0.2) is 62.6 Å². The molecule has 0 N–H and O–H groups in total. The van der Waals surface area contributed by atoms with Gasteiger partial charge in [-0.3, -0.25) is 14.5 Å². The van der Waals surface area contributed by atoms with Crippen LogP contribution in [0.5, 0.6) is 0 Å². The lowest BCUT2D eigenvalue weighted by molar-refractivity contribution is 0.0637. The van der Waals surface area contributed by atoms with Gasteiger partial charge in [0.05, 0.1) is 23.8 Å². The van der Waals surface area contributed by atoms with Crippen molar-refractivity contribution in [1.29, 1.82) is 0 Å². The van der Waals surface area contributed by atoms with E-state index in [4.69, 9.17) is 0 Å². The number of hydrogen-bond donors (Lipinski definition) is 0. The lowest BCUT2D eigenvalue weighted by Gasteiger charge is -2.34. The van der Waals surface area contributed by atoms with Gasteiger partial charge in [-0.05, 0) is 54.9 Å². The van der Waals surface area contributed by atoms with Gasteiger partial charge in [-0.25, -0.2) is 8.91 Å². The monoisotopic (exact) mass is 447 g/mol. The van der Waals surface area contributed by atoms with E-state index in [9.17, 15) is 14.0 Å². The number of rotatable bonds is 5. The van der Waals surface area contributed by atoms with Gasteiger partial charge in [0.2, 0.25) is 0 Å². The molecule has 1 saturated heterocycles. The van der Waals surface area contributed by atoms with Crippen LogP contribution in [0.1, 0.15) is 29.3 Å². The molecule has 0 spiro atoms. The highest BCUT2D eigenvalue weighted by Crippen LogP contribution is 2.19. The second-order valence-corrected chi connectivity index (χ2v) is 8.48. The van der Waals surface area contributed by atoms with Gasteiger partial charge in [0, 0.05) is 31.7 Å². The summed E-state index contributed by atoms with van der Waals surface area (Å²) in [6.07, 6.45) is 2.69. The molecule has 0 saturated carbocycles. The number of benzene rings is 2. The van der Waals surface area contributed by atoms with E-state index in [0.29, 0.717) is 29.7 Å². The number of hydrogen-bond acceptors (Lipinski definition) is 4. The highest BCUT2D eigenvalue weighted by atomic mass is 19.1. The minimum Gasteiger partial charge on any atom is -0.336 e. The van der Waals surface area contributed by atoms with Crippen LogP contribution in [0.2, 0.25) is 0 Å². The summed E-state index contributed by atoms with van der Waals surface area (Å²) in [5, 5.41) is 4.31. The van der Waals surface area contributed by atoms with E-state index in [1.165, 1.54) is 12.1 Å². The van der Waals surface area contributed by atoms with Crippen LogP contribution in [0.4, 0.5) is 4.39 Å². The van der Waals surface area contributed by atoms with Crippen LogP contribution < -0.4 is 5.56 Å². The standard InChI is InChI=1S/C25H26FN5O2/c1-2-11-28-12-14-29(15-13-28)24(32)19-5-8-21-23(16-19)30(17-18-3-6-20(26)7-4-18)25(33)22-9-10-27-31(21)22/h3-10,16H,2,11-15,17H2,1H3. The Labute approximate surface area is 190 Å². The molecule has 0 unspecified atom stereocenters. The maximum atomic E-state index is 13.4. The highest BCUT2D eigenvalue weighted by Gasteiger charge is 2.23. The van der Waals surface area contributed by atoms with Gasteiger partial charge in [0.15, 0.2) is 0 Å². The number of aromatic nitrogens is 3. The number of carbonyl (C=O) groups is 1. The number of piperazine rings is 1. The molecule has 0 aliphatic carbocycles. The summed E-state index contributed by atoms with van der Waals surface area (Å²) in [5.74, 6) is -0.358. The maximum Gasteiger partial charge on any atom is 0.277 e. The molecule has 7 nitrogen and oxygen atoms in total. The first-order chi connectivity index (χ1) is 16.0. The Morgan fingerprint density at radius 1 is 0.970 bits per heavy atom. The molecule has 3 heterocycles. The van der Waals surface area contributed by atoms with Crippen molar-refractivity contribution < 1.29 is 9.18 Å². The third-order valence-electron chi connectivity index (χ3n) is 6.30. The van der Waals surface area contributed by atoms with Crippen molar-refractivity contribution in [2.24, 2.45) is 0 Å². The molecule has 0 radical (unpaired) electrons. The van der Waals surface area contributed by atoms with Crippen molar-refractivity contribution in [3.05, 3.63) is 82.0 Å². The Kier molecular flexibility index (Phi) is 5.68. The van der Waals surface area contributed by atoms with Gasteiger partial charge in [0.25, 0.3) is 11.5 Å². The summed E-state index contributed by atoms with van der Waals surface area (Å²) in [7, 11) is 0. The predicted molar refractivity (Wildman–Crippen MR) is 125 cm³/mol. The number of amides is 1. The van der Waals surface area contributed by atoms with Gasteiger partial charge in [-0.15, -0.1) is 0 Å². The largest absolute Gasteiger partial charge is 0.336 e. The lowest BCUT2D eigenvalue weighted by Crippen LogP contribution is -2.48. The molecule has 170 valence electrons. The average molecular weight is 448 g/mol. The minimum absolute atomic E-state index is 0.0330. The van der Waals surface area contributed by atoms with E-state index >= 15 is 0 Å². The highest BCUT2D eigenvalue weighted by molar-refractivity contribution is 5.97. The molecule has 1 aliphatic heterocycles. The van der Waals surface area contributed by atoms with Crippen LogP contribution in [-0.2, 0) is 6.54 Å². The smallest absolute Gasteiger partial charge is 0.277 e. The van der Waals surface area contributed by atoms with Gasteiger partial charge in [0.1, 0.15) is 11.3 Å². The second-order valence-electron chi connectivity index (χ2n) is 8.48. The fourth-order valence-electron chi connectivity index (χ4n) is 4.56. The summed E-state index contributed by atoms with van der Waals surface area (Å²) in [6.45, 7) is 6.61. The molecule has 2 aromatic carbocycles. The molecule has 4 aromatic rings. The number of halogens is 1. The third-order valence-corrected chi connectivity index (χ3v) is 6.30. The first kappa shape index (κ1) is 21.3. The van der Waals surface area contributed by atoms with Crippen LogP contribution in [0.25, 0.3) is 16.6 Å². The molecule has 5 rings (SSSR count). The molecule has 0 bridgehead atoms. The van der Waals surface area contributed by atoms with Crippen molar-refractivity contribution in [2.75, 3.05) is 32.7 Å². The third kappa shape index (κ3) is 4.02. The fourth-order valence-corrected chi connectivity index (χ4v) is 4.56. The van der Waals surface area contributed by atoms with E-state index in [0.717, 1.165) is 37.1 Å². The van der Waals surface area contributed by atoms with Gasteiger partial charge < -0.3 is 9.47 Å². The normalized spacial score (nSPS) is 14.9. The summed E-state index contributed by atoms with van der Waals surface area (Å²) >= 11 is 0. The lowest BCUT2D eigenvalue weighted by atomic mass is 10.1. The fraction of sp³-hybridized carbons (Fsp3) is 0.320. The van der Waals surface area contributed by atoms with Crippen molar-refractivity contribution in [2.45, 2.75) is 19.9 Å². The first-order valence-corrected chi connectivity index (χ1v) is 11.3. The zero-order valence-electron chi connectivity index (χ0n) is 18.6. The Balaban J connectivity index is 1.55. The number of nitrogens with zero attached hydrogens (tertiary/aromatic N) is 5. The number of fused-ring (bicyclic) bond motifs is 3. The van der Waals surface area contributed by atoms with Gasteiger partial charge in [-0.1, -0.05) is 19.1 Å². The van der Waals surface area contributed by atoms with Gasteiger partial charge in [-0.2, -0.15) is 5.10 Å². The molecule has 1 fully saturated rings. The average Bonchev–Trinajstić information content (AvgIpc) is 3.33. The van der Waals surface area contributed by atoms with Crippen molar-refractivity contribution in [1.82, 2.24) is 24.0 Å². The molecule has 0 atom stereocenters. The molecule has 8 heteroatoms. The summed E-state index contributed by atoms with van der Waals surface area (Å²) in [6, 6.07) is 13.2. The maximum absolute atomic E-state index is 13.4. The van der Waals surface area contributed by atoms with E-state index < -0.39 is 0 Å². The van der Waals surface area contributed by atoms with Crippen LogP contribution in [0.3, 0.4) is 0 Å². The van der Waals surface area contributed by atoms with Crippen molar-refractivity contribution >= 4 is 22.5 Å². The van der Waals surface area contributed by atoms with Crippen LogP contribution in [0, 0.1) is 5.82 Å². The quantitative estimate of drug-likeness (QED) is 0.472. The summed E-state index contributed by atoms with van der Waals surface area (Å²) in [4.78, 5) is 30.8. The number of carbonyl (C=O) groups excluding carboxylic acids is 1.